The van der Waals surface area contributed by atoms with Gasteiger partial charge in [-0.3, -0.25) is 4.90 Å². The third-order valence-corrected chi connectivity index (χ3v) is 4.18. The SMILES string of the molecule is CCOC(=O)c1c(N)nsc1N1CCN(CCO)CC1. The second-order valence-corrected chi connectivity index (χ2v) is 5.27. The van der Waals surface area contributed by atoms with Crippen LogP contribution in [0.1, 0.15) is 17.3 Å². The average Bonchev–Trinajstić information content (AvgIpc) is 2.82. The monoisotopic (exact) mass is 300 g/mol. The maximum Gasteiger partial charge on any atom is 0.345 e. The predicted octanol–water partition coefficient (Wildman–Crippen LogP) is 0.0163. The summed E-state index contributed by atoms with van der Waals surface area (Å²) in [4.78, 5) is 16.2. The molecule has 1 saturated heterocycles. The Morgan fingerprint density at radius 1 is 1.45 bits per heavy atom. The van der Waals surface area contributed by atoms with Crippen LogP contribution in [0.25, 0.3) is 0 Å². The lowest BCUT2D eigenvalue weighted by Gasteiger charge is -2.35. The predicted molar refractivity (Wildman–Crippen MR) is 78.2 cm³/mol. The van der Waals surface area contributed by atoms with E-state index >= 15 is 0 Å². The third kappa shape index (κ3) is 3.20. The number of carbonyl (C=O) groups is 1. The highest BCUT2D eigenvalue weighted by molar-refractivity contribution is 7.11. The lowest BCUT2D eigenvalue weighted by atomic mass is 10.2. The molecule has 2 heterocycles. The van der Waals surface area contributed by atoms with Crippen molar-refractivity contribution in [1.82, 2.24) is 9.27 Å². The third-order valence-electron chi connectivity index (χ3n) is 3.26. The summed E-state index contributed by atoms with van der Waals surface area (Å²) in [5, 5.41) is 9.72. The van der Waals surface area contributed by atoms with E-state index in [2.05, 4.69) is 14.2 Å². The Balaban J connectivity index is 2.08. The summed E-state index contributed by atoms with van der Waals surface area (Å²) in [6.45, 7) is 6.20. The average molecular weight is 300 g/mol. The zero-order valence-electron chi connectivity index (χ0n) is 11.5. The molecule has 0 bridgehead atoms. The number of piperazine rings is 1. The summed E-state index contributed by atoms with van der Waals surface area (Å²) in [6, 6.07) is 0. The van der Waals surface area contributed by atoms with Gasteiger partial charge in [0.1, 0.15) is 10.6 Å². The zero-order valence-corrected chi connectivity index (χ0v) is 12.4. The van der Waals surface area contributed by atoms with Gasteiger partial charge in [0.15, 0.2) is 5.82 Å². The number of aromatic nitrogens is 1. The number of nitrogen functional groups attached to an aromatic ring is 1. The molecule has 0 saturated carbocycles. The molecule has 8 heteroatoms. The fourth-order valence-electron chi connectivity index (χ4n) is 2.22. The molecule has 2 rings (SSSR count). The first-order valence-corrected chi connectivity index (χ1v) is 7.45. The van der Waals surface area contributed by atoms with Crippen molar-refractivity contribution in [2.75, 3.05) is 56.6 Å². The first kappa shape index (κ1) is 15.0. The van der Waals surface area contributed by atoms with Crippen molar-refractivity contribution in [3.63, 3.8) is 0 Å². The van der Waals surface area contributed by atoms with Gasteiger partial charge in [-0.1, -0.05) is 0 Å². The number of aliphatic hydroxyl groups excluding tert-OH is 1. The molecule has 0 unspecified atom stereocenters. The molecular weight excluding hydrogens is 280 g/mol. The lowest BCUT2D eigenvalue weighted by Crippen LogP contribution is -2.47. The van der Waals surface area contributed by atoms with Gasteiger partial charge in [0, 0.05) is 32.7 Å². The van der Waals surface area contributed by atoms with Crippen molar-refractivity contribution in [3.05, 3.63) is 5.56 Å². The van der Waals surface area contributed by atoms with Crippen LogP contribution in [0.4, 0.5) is 10.8 Å². The number of aliphatic hydroxyl groups is 1. The van der Waals surface area contributed by atoms with Gasteiger partial charge in [-0.15, -0.1) is 0 Å². The number of rotatable bonds is 5. The summed E-state index contributed by atoms with van der Waals surface area (Å²) in [6.07, 6.45) is 0. The minimum atomic E-state index is -0.411. The molecule has 1 fully saturated rings. The van der Waals surface area contributed by atoms with Gasteiger partial charge in [-0.25, -0.2) is 4.79 Å². The Labute approximate surface area is 122 Å². The van der Waals surface area contributed by atoms with Crippen LogP contribution in [0, 0.1) is 0 Å². The molecule has 112 valence electrons. The molecule has 1 aliphatic heterocycles. The number of hydrogen-bond acceptors (Lipinski definition) is 8. The Hall–Kier alpha value is -1.38. The van der Waals surface area contributed by atoms with Gasteiger partial charge in [-0.2, -0.15) is 4.37 Å². The van der Waals surface area contributed by atoms with Crippen LogP contribution in [0.15, 0.2) is 0 Å². The number of ether oxygens (including phenoxy) is 1. The first-order chi connectivity index (χ1) is 9.67. The number of hydrogen-bond donors (Lipinski definition) is 2. The summed E-state index contributed by atoms with van der Waals surface area (Å²) in [5.74, 6) is -0.173. The van der Waals surface area contributed by atoms with Crippen LogP contribution in [-0.4, -0.2) is 66.3 Å². The molecule has 7 nitrogen and oxygen atoms in total. The van der Waals surface area contributed by atoms with Gasteiger partial charge in [0.05, 0.1) is 13.2 Å². The lowest BCUT2D eigenvalue weighted by molar-refractivity contribution is 0.0528. The van der Waals surface area contributed by atoms with Crippen LogP contribution >= 0.6 is 11.5 Å². The number of nitrogens with zero attached hydrogens (tertiary/aromatic N) is 3. The number of β-amino-alcohol motifs (C(OH)–C–C–N with tert-alkyl or cyclic N) is 1. The van der Waals surface area contributed by atoms with Crippen molar-refractivity contribution in [2.45, 2.75) is 6.92 Å². The zero-order chi connectivity index (χ0) is 14.5. The maximum atomic E-state index is 12.0. The molecule has 0 aromatic carbocycles. The highest BCUT2D eigenvalue weighted by atomic mass is 32.1. The molecule has 1 aliphatic rings. The van der Waals surface area contributed by atoms with Crippen molar-refractivity contribution < 1.29 is 14.6 Å². The minimum Gasteiger partial charge on any atom is -0.462 e. The van der Waals surface area contributed by atoms with Crippen molar-refractivity contribution in [3.8, 4) is 0 Å². The molecule has 0 atom stereocenters. The van der Waals surface area contributed by atoms with E-state index in [-0.39, 0.29) is 12.4 Å². The van der Waals surface area contributed by atoms with Crippen molar-refractivity contribution in [1.29, 1.82) is 0 Å². The standard InChI is InChI=1S/C12H20N4O3S/c1-2-19-12(18)9-10(13)14-20-11(9)16-5-3-15(4-6-16)7-8-17/h17H,2-8H2,1H3,(H2,13,14). The first-order valence-electron chi connectivity index (χ1n) is 6.67. The molecule has 0 spiro atoms. The topological polar surface area (TPSA) is 91.9 Å². The highest BCUT2D eigenvalue weighted by Gasteiger charge is 2.26. The normalized spacial score (nSPS) is 16.4. The van der Waals surface area contributed by atoms with Gasteiger partial charge in [0.25, 0.3) is 0 Å². The van der Waals surface area contributed by atoms with Gasteiger partial charge in [0.2, 0.25) is 0 Å². The number of anilines is 2. The Kier molecular flexibility index (Phi) is 5.16. The quantitative estimate of drug-likeness (QED) is 0.740. The van der Waals surface area contributed by atoms with Crippen molar-refractivity contribution in [2.24, 2.45) is 0 Å². The van der Waals surface area contributed by atoms with Crippen LogP contribution in [-0.2, 0) is 4.74 Å². The minimum absolute atomic E-state index is 0.168. The van der Waals surface area contributed by atoms with E-state index in [1.54, 1.807) is 6.92 Å². The van der Waals surface area contributed by atoms with Crippen LogP contribution < -0.4 is 10.6 Å². The number of carbonyl (C=O) groups excluding carboxylic acids is 1. The molecular formula is C12H20N4O3S. The van der Waals surface area contributed by atoms with Gasteiger partial charge < -0.3 is 20.5 Å². The smallest absolute Gasteiger partial charge is 0.345 e. The highest BCUT2D eigenvalue weighted by Crippen LogP contribution is 2.31. The van der Waals surface area contributed by atoms with E-state index in [1.807, 2.05) is 0 Å². The number of esters is 1. The van der Waals surface area contributed by atoms with E-state index in [4.69, 9.17) is 15.6 Å². The van der Waals surface area contributed by atoms with Crippen molar-refractivity contribution >= 4 is 28.3 Å². The second kappa shape index (κ2) is 6.87. The summed E-state index contributed by atoms with van der Waals surface area (Å²) >= 11 is 1.23. The second-order valence-electron chi connectivity index (χ2n) is 4.52. The van der Waals surface area contributed by atoms with E-state index in [9.17, 15) is 4.79 Å². The fraction of sp³-hybridized carbons (Fsp3) is 0.667. The summed E-state index contributed by atoms with van der Waals surface area (Å²) in [7, 11) is 0. The van der Waals surface area contributed by atoms with Crippen LogP contribution in [0.5, 0.6) is 0 Å². The molecule has 1 aromatic rings. The van der Waals surface area contributed by atoms with Crippen LogP contribution in [0.2, 0.25) is 0 Å². The molecule has 0 amide bonds. The van der Waals surface area contributed by atoms with Crippen LogP contribution in [0.3, 0.4) is 0 Å². The van der Waals surface area contributed by atoms with E-state index < -0.39 is 5.97 Å². The summed E-state index contributed by atoms with van der Waals surface area (Å²) in [5.41, 5.74) is 6.16. The van der Waals surface area contributed by atoms with E-state index in [1.165, 1.54) is 11.5 Å². The maximum absolute atomic E-state index is 12.0. The fourth-order valence-corrected chi connectivity index (χ4v) is 3.07. The largest absolute Gasteiger partial charge is 0.462 e. The Morgan fingerprint density at radius 3 is 2.75 bits per heavy atom. The summed E-state index contributed by atoms with van der Waals surface area (Å²) < 4.78 is 9.11. The van der Waals surface area contributed by atoms with Gasteiger partial charge in [-0.05, 0) is 18.5 Å². The van der Waals surface area contributed by atoms with E-state index in [0.29, 0.717) is 18.7 Å². The Bertz CT molecular complexity index is 458. The Morgan fingerprint density at radius 2 is 2.15 bits per heavy atom. The molecule has 0 radical (unpaired) electrons. The molecule has 0 aliphatic carbocycles. The van der Waals surface area contributed by atoms with E-state index in [0.717, 1.165) is 31.2 Å². The molecule has 3 N–H and O–H groups in total. The molecule has 20 heavy (non-hydrogen) atoms. The van der Waals surface area contributed by atoms with Gasteiger partial charge >= 0.3 is 5.97 Å². The molecule has 1 aromatic heterocycles. The number of nitrogens with two attached hydrogens (primary N) is 1.